The van der Waals surface area contributed by atoms with E-state index < -0.39 is 11.9 Å². The van der Waals surface area contributed by atoms with E-state index in [9.17, 15) is 9.59 Å². The molecular weight excluding hydrogens is 296 g/mol. The van der Waals surface area contributed by atoms with Crippen molar-refractivity contribution in [3.63, 3.8) is 0 Å². The van der Waals surface area contributed by atoms with E-state index in [1.807, 2.05) is 0 Å². The van der Waals surface area contributed by atoms with Gasteiger partial charge >= 0.3 is 11.9 Å². The maximum absolute atomic E-state index is 12.2. The second kappa shape index (κ2) is 8.62. The molecule has 6 heteroatoms. The van der Waals surface area contributed by atoms with Crippen LogP contribution in [0.25, 0.3) is 0 Å². The summed E-state index contributed by atoms with van der Waals surface area (Å²) < 4.78 is 11.1. The Balaban J connectivity index is 3.01. The van der Waals surface area contributed by atoms with E-state index in [0.717, 1.165) is 28.6 Å². The average Bonchev–Trinajstić information content (AvgIpc) is 2.56. The molecule has 0 saturated carbocycles. The second-order valence-corrected chi connectivity index (χ2v) is 7.44. The van der Waals surface area contributed by atoms with Crippen LogP contribution in [0.3, 0.4) is 0 Å². The first-order valence-electron chi connectivity index (χ1n) is 6.83. The Labute approximate surface area is 129 Å². The minimum Gasteiger partial charge on any atom is -0.459 e. The third-order valence-electron chi connectivity index (χ3n) is 2.30. The van der Waals surface area contributed by atoms with Crippen molar-refractivity contribution >= 4 is 35.5 Å². The number of carbonyl (C=O) groups is 2. The van der Waals surface area contributed by atoms with Crippen LogP contribution in [0.2, 0.25) is 0 Å². The zero-order chi connectivity index (χ0) is 15.1. The lowest BCUT2D eigenvalue weighted by Gasteiger charge is -2.15. The molecule has 0 aromatic heterocycles. The Hall–Kier alpha value is -0.620. The predicted molar refractivity (Wildman–Crippen MR) is 83.6 cm³/mol. The minimum absolute atomic E-state index is 0.0595. The fourth-order valence-electron chi connectivity index (χ4n) is 1.52. The fourth-order valence-corrected chi connectivity index (χ4v) is 4.04. The highest BCUT2D eigenvalue weighted by atomic mass is 32.2. The normalized spacial score (nSPS) is 16.0. The van der Waals surface area contributed by atoms with Crippen LogP contribution in [-0.2, 0) is 19.1 Å². The standard InChI is InChI=1S/C14H22O4S2/c1-9(2)17-12(15)11(13(16)18-10(3)4)14-19-7-5-6-8-20-14/h9-10H,5-8H2,1-4H3. The monoisotopic (exact) mass is 318 g/mol. The number of rotatable bonds is 4. The number of hydrogen-bond donors (Lipinski definition) is 0. The number of thioether (sulfide) groups is 2. The van der Waals surface area contributed by atoms with Gasteiger partial charge in [-0.2, -0.15) is 0 Å². The van der Waals surface area contributed by atoms with Crippen molar-refractivity contribution in [3.8, 4) is 0 Å². The number of hydrogen-bond acceptors (Lipinski definition) is 6. The molecule has 0 atom stereocenters. The summed E-state index contributed by atoms with van der Waals surface area (Å²) in [5, 5.41) is 0. The molecule has 0 radical (unpaired) electrons. The number of carbonyl (C=O) groups excluding carboxylic acids is 2. The van der Waals surface area contributed by atoms with Crippen molar-refractivity contribution in [1.82, 2.24) is 0 Å². The molecule has 0 N–H and O–H groups in total. The molecule has 0 bridgehead atoms. The smallest absolute Gasteiger partial charge is 0.347 e. The molecule has 1 heterocycles. The molecule has 0 unspecified atom stereocenters. The minimum atomic E-state index is -0.581. The highest BCUT2D eigenvalue weighted by Crippen LogP contribution is 2.37. The summed E-state index contributed by atoms with van der Waals surface area (Å²) in [4.78, 5) is 24.4. The Morgan fingerprint density at radius 2 is 1.30 bits per heavy atom. The first-order valence-corrected chi connectivity index (χ1v) is 8.80. The summed E-state index contributed by atoms with van der Waals surface area (Å²) in [7, 11) is 0. The van der Waals surface area contributed by atoms with Crippen LogP contribution in [0.1, 0.15) is 40.5 Å². The van der Waals surface area contributed by atoms with Gasteiger partial charge in [-0.25, -0.2) is 9.59 Å². The van der Waals surface area contributed by atoms with E-state index >= 15 is 0 Å². The molecule has 0 aromatic carbocycles. The van der Waals surface area contributed by atoms with E-state index in [2.05, 4.69) is 0 Å². The molecule has 1 saturated heterocycles. The molecule has 4 nitrogen and oxygen atoms in total. The van der Waals surface area contributed by atoms with Gasteiger partial charge in [0.15, 0.2) is 5.57 Å². The SMILES string of the molecule is CC(C)OC(=O)C(C(=O)OC(C)C)=C1SCCCCS1. The van der Waals surface area contributed by atoms with Gasteiger partial charge in [0.05, 0.1) is 16.4 Å². The molecule has 1 aliphatic rings. The van der Waals surface area contributed by atoms with Gasteiger partial charge in [-0.15, -0.1) is 23.5 Å². The lowest BCUT2D eigenvalue weighted by atomic mass is 10.3. The summed E-state index contributed by atoms with van der Waals surface area (Å²) in [6, 6.07) is 0. The van der Waals surface area contributed by atoms with Gasteiger partial charge < -0.3 is 9.47 Å². The third kappa shape index (κ3) is 5.79. The van der Waals surface area contributed by atoms with Crippen molar-refractivity contribution < 1.29 is 19.1 Å². The quantitative estimate of drug-likeness (QED) is 0.343. The molecule has 0 spiro atoms. The van der Waals surface area contributed by atoms with E-state index in [1.165, 1.54) is 0 Å². The van der Waals surface area contributed by atoms with E-state index in [-0.39, 0.29) is 17.8 Å². The van der Waals surface area contributed by atoms with Crippen molar-refractivity contribution in [2.24, 2.45) is 0 Å². The summed E-state index contributed by atoms with van der Waals surface area (Å²) >= 11 is 3.09. The Bertz CT molecular complexity index is 355. The molecule has 0 aromatic rings. The predicted octanol–water partition coefficient (Wildman–Crippen LogP) is 3.36. The molecule has 0 amide bonds. The van der Waals surface area contributed by atoms with Crippen molar-refractivity contribution in [1.29, 1.82) is 0 Å². The molecule has 20 heavy (non-hydrogen) atoms. The Morgan fingerprint density at radius 3 is 1.65 bits per heavy atom. The average molecular weight is 318 g/mol. The van der Waals surface area contributed by atoms with Crippen LogP contribution < -0.4 is 0 Å². The van der Waals surface area contributed by atoms with Crippen LogP contribution >= 0.6 is 23.5 Å². The first-order chi connectivity index (χ1) is 9.41. The Kier molecular flexibility index (Phi) is 7.51. The number of esters is 2. The maximum Gasteiger partial charge on any atom is 0.347 e. The highest BCUT2D eigenvalue weighted by molar-refractivity contribution is 8.22. The topological polar surface area (TPSA) is 52.6 Å². The van der Waals surface area contributed by atoms with Gasteiger partial charge in [0.25, 0.3) is 0 Å². The van der Waals surface area contributed by atoms with Crippen LogP contribution in [-0.4, -0.2) is 35.7 Å². The first kappa shape index (κ1) is 17.4. The summed E-state index contributed by atoms with van der Waals surface area (Å²) in [6.07, 6.45) is 1.66. The molecule has 1 fully saturated rings. The molecule has 114 valence electrons. The number of ether oxygens (including phenoxy) is 2. The van der Waals surface area contributed by atoms with Crippen molar-refractivity contribution in [3.05, 3.63) is 9.81 Å². The van der Waals surface area contributed by atoms with E-state index in [1.54, 1.807) is 51.2 Å². The lowest BCUT2D eigenvalue weighted by molar-refractivity contribution is -0.150. The van der Waals surface area contributed by atoms with Gasteiger partial charge in [0.2, 0.25) is 0 Å². The molecule has 0 aliphatic carbocycles. The van der Waals surface area contributed by atoms with E-state index in [4.69, 9.17) is 9.47 Å². The lowest BCUT2D eigenvalue weighted by Crippen LogP contribution is -2.24. The van der Waals surface area contributed by atoms with Gasteiger partial charge in [-0.3, -0.25) is 0 Å². The zero-order valence-corrected chi connectivity index (χ0v) is 14.1. The van der Waals surface area contributed by atoms with Crippen molar-refractivity contribution in [2.45, 2.75) is 52.7 Å². The Morgan fingerprint density at radius 1 is 0.900 bits per heavy atom. The summed E-state index contributed by atoms with van der Waals surface area (Å²) in [5.74, 6) is 0.663. The molecular formula is C14H22O4S2. The van der Waals surface area contributed by atoms with Crippen LogP contribution in [0.5, 0.6) is 0 Å². The van der Waals surface area contributed by atoms with Crippen LogP contribution in [0.15, 0.2) is 9.81 Å². The fraction of sp³-hybridized carbons (Fsp3) is 0.714. The second-order valence-electron chi connectivity index (χ2n) is 4.97. The summed E-state index contributed by atoms with van der Waals surface area (Å²) in [6.45, 7) is 7.06. The van der Waals surface area contributed by atoms with E-state index in [0.29, 0.717) is 0 Å². The molecule has 1 aliphatic heterocycles. The van der Waals surface area contributed by atoms with Crippen LogP contribution in [0.4, 0.5) is 0 Å². The van der Waals surface area contributed by atoms with Crippen molar-refractivity contribution in [2.75, 3.05) is 11.5 Å². The highest BCUT2D eigenvalue weighted by Gasteiger charge is 2.29. The molecule has 1 rings (SSSR count). The maximum atomic E-state index is 12.2. The van der Waals surface area contributed by atoms with Gasteiger partial charge in [-0.05, 0) is 52.0 Å². The summed E-state index contributed by atoms with van der Waals surface area (Å²) in [5.41, 5.74) is 0.0595. The van der Waals surface area contributed by atoms with Gasteiger partial charge in [0, 0.05) is 0 Å². The third-order valence-corrected chi connectivity index (χ3v) is 4.93. The zero-order valence-electron chi connectivity index (χ0n) is 12.4. The van der Waals surface area contributed by atoms with Crippen LogP contribution in [0, 0.1) is 0 Å². The van der Waals surface area contributed by atoms with Gasteiger partial charge in [0.1, 0.15) is 0 Å². The largest absolute Gasteiger partial charge is 0.459 e. The van der Waals surface area contributed by atoms with Gasteiger partial charge in [-0.1, -0.05) is 0 Å².